The van der Waals surface area contributed by atoms with E-state index in [9.17, 15) is 4.79 Å². The number of hydrogen-bond acceptors (Lipinski definition) is 4. The van der Waals surface area contributed by atoms with Crippen molar-refractivity contribution in [3.63, 3.8) is 0 Å². The molecule has 0 atom stereocenters. The van der Waals surface area contributed by atoms with E-state index in [2.05, 4.69) is 13.2 Å². The number of allylic oxidation sites excluding steroid dienone is 1. The minimum absolute atomic E-state index is 0.0878. The fourth-order valence-electron chi connectivity index (χ4n) is 0.813. The average molecular weight is 241 g/mol. The third-order valence-electron chi connectivity index (χ3n) is 1.88. The fourth-order valence-corrected chi connectivity index (χ4v) is 1.54. The first-order valence-electron chi connectivity index (χ1n) is 5.06. The third kappa shape index (κ3) is 6.31. The second-order valence-corrected chi connectivity index (χ2v) is 7.67. The Morgan fingerprint density at radius 3 is 2.50 bits per heavy atom. The predicted molar refractivity (Wildman–Crippen MR) is 67.1 cm³/mol. The van der Waals surface area contributed by atoms with Gasteiger partial charge in [0.2, 0.25) is 8.32 Å². The number of ether oxygens (including phenoxy) is 1. The highest BCUT2D eigenvalue weighted by molar-refractivity contribution is 6.76. The smallest absolute Gasteiger partial charge is 0.352 e. The van der Waals surface area contributed by atoms with E-state index in [1.807, 2.05) is 18.8 Å². The SMILES string of the molecule is C=CCC(=N)C(=O)OCCO[Si](C)(C)C=C. The van der Waals surface area contributed by atoms with Gasteiger partial charge in [-0.3, -0.25) is 5.41 Å². The van der Waals surface area contributed by atoms with Crippen molar-refractivity contribution in [3.05, 3.63) is 24.9 Å². The van der Waals surface area contributed by atoms with Crippen LogP contribution in [-0.4, -0.2) is 33.2 Å². The van der Waals surface area contributed by atoms with Gasteiger partial charge in [0.05, 0.1) is 6.61 Å². The Labute approximate surface area is 97.6 Å². The molecule has 0 aromatic carbocycles. The summed E-state index contributed by atoms with van der Waals surface area (Å²) in [5.41, 5.74) is 1.73. The van der Waals surface area contributed by atoms with Crippen LogP contribution in [0.5, 0.6) is 0 Å². The van der Waals surface area contributed by atoms with Crippen LogP contribution in [0.4, 0.5) is 0 Å². The lowest BCUT2D eigenvalue weighted by atomic mass is 10.3. The van der Waals surface area contributed by atoms with Gasteiger partial charge in [-0.1, -0.05) is 11.8 Å². The Bertz CT molecular complexity index is 287. The second-order valence-electron chi connectivity index (χ2n) is 3.76. The molecule has 0 aromatic heterocycles. The molecule has 0 rings (SSSR count). The summed E-state index contributed by atoms with van der Waals surface area (Å²) in [7, 11) is -1.79. The van der Waals surface area contributed by atoms with Gasteiger partial charge in [-0.2, -0.15) is 0 Å². The lowest BCUT2D eigenvalue weighted by Gasteiger charge is -2.17. The van der Waals surface area contributed by atoms with Gasteiger partial charge in [0, 0.05) is 6.42 Å². The minimum atomic E-state index is -1.79. The average Bonchev–Trinajstić information content (AvgIpc) is 2.24. The molecule has 1 N–H and O–H groups in total. The van der Waals surface area contributed by atoms with Crippen molar-refractivity contribution in [2.75, 3.05) is 13.2 Å². The zero-order chi connectivity index (χ0) is 12.6. The van der Waals surface area contributed by atoms with Crippen LogP contribution < -0.4 is 0 Å². The van der Waals surface area contributed by atoms with E-state index in [4.69, 9.17) is 14.6 Å². The van der Waals surface area contributed by atoms with E-state index < -0.39 is 14.3 Å². The molecular formula is C11H19NO3Si. The lowest BCUT2D eigenvalue weighted by Crippen LogP contribution is -2.30. The van der Waals surface area contributed by atoms with Crippen molar-refractivity contribution < 1.29 is 14.0 Å². The summed E-state index contributed by atoms with van der Waals surface area (Å²) in [6.45, 7) is 11.6. The van der Waals surface area contributed by atoms with E-state index in [1.54, 1.807) is 0 Å². The summed E-state index contributed by atoms with van der Waals surface area (Å²) in [5.74, 6) is -0.610. The van der Waals surface area contributed by atoms with Crippen molar-refractivity contribution in [2.45, 2.75) is 19.5 Å². The van der Waals surface area contributed by atoms with E-state index in [-0.39, 0.29) is 18.7 Å². The molecule has 0 heterocycles. The topological polar surface area (TPSA) is 59.4 Å². The van der Waals surface area contributed by atoms with Gasteiger partial charge in [-0.25, -0.2) is 4.79 Å². The van der Waals surface area contributed by atoms with Crippen molar-refractivity contribution in [2.24, 2.45) is 0 Å². The molecule has 0 amide bonds. The summed E-state index contributed by atoms with van der Waals surface area (Å²) in [4.78, 5) is 11.2. The van der Waals surface area contributed by atoms with Crippen LogP contribution >= 0.6 is 0 Å². The first kappa shape index (κ1) is 14.8. The molecule has 0 spiro atoms. The summed E-state index contributed by atoms with van der Waals surface area (Å²) >= 11 is 0. The standard InChI is InChI=1S/C11H19NO3Si/c1-5-7-10(12)11(13)14-8-9-15-16(3,4)6-2/h5-6,12H,1-2,7-9H2,3-4H3. The molecule has 5 heteroatoms. The van der Waals surface area contributed by atoms with E-state index in [0.29, 0.717) is 6.61 Å². The summed E-state index contributed by atoms with van der Waals surface area (Å²) in [5, 5.41) is 7.30. The first-order chi connectivity index (χ1) is 7.43. The highest BCUT2D eigenvalue weighted by Crippen LogP contribution is 2.04. The zero-order valence-corrected chi connectivity index (χ0v) is 10.9. The third-order valence-corrected chi connectivity index (χ3v) is 3.81. The van der Waals surface area contributed by atoms with Gasteiger partial charge in [0.25, 0.3) is 0 Å². The monoisotopic (exact) mass is 241 g/mol. The van der Waals surface area contributed by atoms with Crippen LogP contribution in [0.3, 0.4) is 0 Å². The van der Waals surface area contributed by atoms with E-state index >= 15 is 0 Å². The van der Waals surface area contributed by atoms with Gasteiger partial charge in [0.15, 0.2) is 0 Å². The minimum Gasteiger partial charge on any atom is -0.459 e. The maximum absolute atomic E-state index is 11.2. The molecule has 0 fully saturated rings. The van der Waals surface area contributed by atoms with Gasteiger partial charge < -0.3 is 9.16 Å². The molecule has 0 saturated heterocycles. The molecule has 0 saturated carbocycles. The molecule has 0 radical (unpaired) electrons. The van der Waals surface area contributed by atoms with Crippen molar-refractivity contribution in [1.82, 2.24) is 0 Å². The molecule has 0 aliphatic carbocycles. The molecule has 16 heavy (non-hydrogen) atoms. The fraction of sp³-hybridized carbons (Fsp3) is 0.455. The first-order valence-corrected chi connectivity index (χ1v) is 8.04. The van der Waals surface area contributed by atoms with Crippen molar-refractivity contribution in [1.29, 1.82) is 5.41 Å². The van der Waals surface area contributed by atoms with Gasteiger partial charge in [-0.05, 0) is 13.1 Å². The highest BCUT2D eigenvalue weighted by atomic mass is 28.4. The summed E-state index contributed by atoms with van der Waals surface area (Å²) in [6.07, 6.45) is 1.72. The number of hydrogen-bond donors (Lipinski definition) is 1. The Balaban J connectivity index is 3.75. The van der Waals surface area contributed by atoms with Crippen LogP contribution in [-0.2, 0) is 14.0 Å². The maximum atomic E-state index is 11.2. The number of rotatable bonds is 8. The van der Waals surface area contributed by atoms with Crippen LogP contribution in [0, 0.1) is 5.41 Å². The quantitative estimate of drug-likeness (QED) is 0.233. The lowest BCUT2D eigenvalue weighted by molar-refractivity contribution is -0.136. The Hall–Kier alpha value is -1.20. The van der Waals surface area contributed by atoms with E-state index in [1.165, 1.54) is 6.08 Å². The van der Waals surface area contributed by atoms with Gasteiger partial charge >= 0.3 is 5.97 Å². The maximum Gasteiger partial charge on any atom is 0.352 e. The van der Waals surface area contributed by atoms with Crippen LogP contribution in [0.15, 0.2) is 24.9 Å². The van der Waals surface area contributed by atoms with Crippen LogP contribution in [0.1, 0.15) is 6.42 Å². The highest BCUT2D eigenvalue weighted by Gasteiger charge is 2.17. The molecule has 0 aliphatic heterocycles. The van der Waals surface area contributed by atoms with Crippen LogP contribution in [0.2, 0.25) is 13.1 Å². The predicted octanol–water partition coefficient (Wildman–Crippen LogP) is 2.07. The number of nitrogens with one attached hydrogen (secondary N) is 1. The van der Waals surface area contributed by atoms with E-state index in [0.717, 1.165) is 0 Å². The molecule has 90 valence electrons. The Kier molecular flexibility index (Phi) is 6.60. The Morgan fingerprint density at radius 1 is 1.38 bits per heavy atom. The molecule has 0 bridgehead atoms. The molecule has 0 unspecified atom stereocenters. The van der Waals surface area contributed by atoms with Gasteiger partial charge in [-0.15, -0.1) is 13.2 Å². The zero-order valence-electron chi connectivity index (χ0n) is 9.91. The molecule has 0 aliphatic rings. The number of carbonyl (C=O) groups excluding carboxylic acids is 1. The molecular weight excluding hydrogens is 222 g/mol. The summed E-state index contributed by atoms with van der Waals surface area (Å²) < 4.78 is 10.4. The van der Waals surface area contributed by atoms with Crippen molar-refractivity contribution >= 4 is 20.0 Å². The van der Waals surface area contributed by atoms with Crippen molar-refractivity contribution in [3.8, 4) is 0 Å². The molecule has 4 nitrogen and oxygen atoms in total. The normalized spacial score (nSPS) is 10.6. The van der Waals surface area contributed by atoms with Gasteiger partial charge in [0.1, 0.15) is 12.3 Å². The molecule has 0 aromatic rings. The number of carbonyl (C=O) groups is 1. The number of esters is 1. The second kappa shape index (κ2) is 7.13. The largest absolute Gasteiger partial charge is 0.459 e. The Morgan fingerprint density at radius 2 is 2.00 bits per heavy atom. The summed E-state index contributed by atoms with van der Waals surface area (Å²) in [6, 6.07) is 0. The van der Waals surface area contributed by atoms with Crippen LogP contribution in [0.25, 0.3) is 0 Å².